The maximum absolute atomic E-state index is 12.7. The van der Waals surface area contributed by atoms with E-state index in [1.165, 1.54) is 11.6 Å². The van der Waals surface area contributed by atoms with Crippen molar-refractivity contribution in [2.75, 3.05) is 26.2 Å². The third-order valence-corrected chi connectivity index (χ3v) is 5.74. The molecule has 3 aromatic carbocycles. The zero-order valence-corrected chi connectivity index (χ0v) is 19.4. The zero-order chi connectivity index (χ0) is 25.5. The van der Waals surface area contributed by atoms with E-state index in [1.54, 1.807) is 35.2 Å². The second kappa shape index (κ2) is 11.2. The summed E-state index contributed by atoms with van der Waals surface area (Å²) in [7, 11) is 0. The molecule has 0 bridgehead atoms. The molecule has 184 valence electrons. The van der Waals surface area contributed by atoms with Crippen molar-refractivity contribution in [2.45, 2.75) is 6.54 Å². The molecule has 1 heterocycles. The molecule has 0 unspecified atom stereocenters. The minimum absolute atomic E-state index is 0.0264. The van der Waals surface area contributed by atoms with E-state index < -0.39 is 21.2 Å². The van der Waals surface area contributed by atoms with Crippen molar-refractivity contribution >= 4 is 23.4 Å². The van der Waals surface area contributed by atoms with Gasteiger partial charge < -0.3 is 9.64 Å². The van der Waals surface area contributed by atoms with Gasteiger partial charge in [-0.2, -0.15) is 0 Å². The van der Waals surface area contributed by atoms with E-state index in [9.17, 15) is 25.0 Å². The topological polar surface area (TPSA) is 119 Å². The first-order valence-electron chi connectivity index (χ1n) is 11.3. The van der Waals surface area contributed by atoms with Gasteiger partial charge in [-0.25, -0.2) is 0 Å². The predicted octanol–water partition coefficient (Wildman–Crippen LogP) is 4.65. The fourth-order valence-electron chi connectivity index (χ4n) is 3.90. The lowest BCUT2D eigenvalue weighted by molar-refractivity contribution is -0.394. The SMILES string of the molecule is O=C(/C=C\c1cccc(Oc2cc([N+](=O)[O-])cc([N+](=O)[O-])c2)c1)N1CCN(Cc2ccccc2)CC1. The van der Waals surface area contributed by atoms with Crippen molar-refractivity contribution in [3.8, 4) is 11.5 Å². The van der Waals surface area contributed by atoms with Gasteiger partial charge >= 0.3 is 0 Å². The quantitative estimate of drug-likeness (QED) is 0.257. The van der Waals surface area contributed by atoms with E-state index >= 15 is 0 Å². The molecular formula is C26H24N4O6. The number of amides is 1. The largest absolute Gasteiger partial charge is 0.457 e. The Morgan fingerprint density at radius 2 is 1.50 bits per heavy atom. The first kappa shape index (κ1) is 24.6. The van der Waals surface area contributed by atoms with Crippen LogP contribution in [0.1, 0.15) is 11.1 Å². The first-order valence-corrected chi connectivity index (χ1v) is 11.3. The molecule has 1 fully saturated rings. The number of ether oxygens (including phenoxy) is 1. The monoisotopic (exact) mass is 488 g/mol. The van der Waals surface area contributed by atoms with Crippen LogP contribution in [0, 0.1) is 20.2 Å². The van der Waals surface area contributed by atoms with E-state index in [1.807, 2.05) is 18.2 Å². The van der Waals surface area contributed by atoms with E-state index in [-0.39, 0.29) is 11.7 Å². The molecule has 0 atom stereocenters. The standard InChI is InChI=1S/C26H24N4O6/c31-26(28-13-11-27(12-14-28)19-21-5-2-1-3-6-21)10-9-20-7-4-8-24(15-20)36-25-17-22(29(32)33)16-23(18-25)30(34)35/h1-10,15-18H,11-14,19H2/b10-9-. The van der Waals surface area contributed by atoms with Gasteiger partial charge in [0.2, 0.25) is 5.91 Å². The van der Waals surface area contributed by atoms with Crippen LogP contribution in [0.25, 0.3) is 6.08 Å². The van der Waals surface area contributed by atoms with E-state index in [2.05, 4.69) is 17.0 Å². The van der Waals surface area contributed by atoms with Gasteiger partial charge in [0.15, 0.2) is 0 Å². The summed E-state index contributed by atoms with van der Waals surface area (Å²) in [5.41, 5.74) is 1.05. The van der Waals surface area contributed by atoms with Crippen molar-refractivity contribution in [1.82, 2.24) is 9.80 Å². The van der Waals surface area contributed by atoms with Crippen molar-refractivity contribution < 1.29 is 19.4 Å². The number of non-ortho nitro benzene ring substituents is 2. The highest BCUT2D eigenvalue weighted by Crippen LogP contribution is 2.31. The number of nitrogens with zero attached hydrogens (tertiary/aromatic N) is 4. The average molecular weight is 489 g/mol. The highest BCUT2D eigenvalue weighted by Gasteiger charge is 2.20. The Bertz CT molecular complexity index is 1250. The lowest BCUT2D eigenvalue weighted by Gasteiger charge is -2.34. The number of nitro groups is 2. The highest BCUT2D eigenvalue weighted by atomic mass is 16.6. The second-order valence-electron chi connectivity index (χ2n) is 8.29. The summed E-state index contributed by atoms with van der Waals surface area (Å²) < 4.78 is 5.64. The Kier molecular flexibility index (Phi) is 7.66. The Balaban J connectivity index is 1.36. The Hall–Kier alpha value is -4.57. The van der Waals surface area contributed by atoms with Crippen molar-refractivity contribution in [1.29, 1.82) is 0 Å². The summed E-state index contributed by atoms with van der Waals surface area (Å²) in [6.45, 7) is 3.75. The lowest BCUT2D eigenvalue weighted by Crippen LogP contribution is -2.47. The van der Waals surface area contributed by atoms with Gasteiger partial charge in [0.05, 0.1) is 28.0 Å². The fourth-order valence-corrected chi connectivity index (χ4v) is 3.90. The van der Waals surface area contributed by atoms with Gasteiger partial charge in [-0.1, -0.05) is 42.5 Å². The third kappa shape index (κ3) is 6.51. The van der Waals surface area contributed by atoms with Crippen molar-refractivity contribution in [2.24, 2.45) is 0 Å². The molecule has 0 spiro atoms. The smallest absolute Gasteiger partial charge is 0.280 e. The van der Waals surface area contributed by atoms with Gasteiger partial charge in [-0.15, -0.1) is 0 Å². The van der Waals surface area contributed by atoms with Gasteiger partial charge in [0, 0.05) is 38.8 Å². The number of hydrogen-bond donors (Lipinski definition) is 0. The van der Waals surface area contributed by atoms with Crippen LogP contribution in [0.2, 0.25) is 0 Å². The van der Waals surface area contributed by atoms with E-state index in [0.717, 1.165) is 37.8 Å². The first-order chi connectivity index (χ1) is 17.4. The number of hydrogen-bond acceptors (Lipinski definition) is 7. The van der Waals surface area contributed by atoms with Crippen molar-refractivity contribution in [3.05, 3.63) is 110 Å². The number of benzene rings is 3. The zero-order valence-electron chi connectivity index (χ0n) is 19.4. The van der Waals surface area contributed by atoms with Crippen LogP contribution in [-0.2, 0) is 11.3 Å². The Morgan fingerprint density at radius 1 is 0.833 bits per heavy atom. The summed E-state index contributed by atoms with van der Waals surface area (Å²) in [4.78, 5) is 37.6. The molecule has 4 rings (SSSR count). The predicted molar refractivity (Wildman–Crippen MR) is 134 cm³/mol. The van der Waals surface area contributed by atoms with Gasteiger partial charge in [-0.05, 0) is 29.3 Å². The number of piperazine rings is 1. The number of nitro benzene ring substituents is 2. The van der Waals surface area contributed by atoms with Crippen LogP contribution in [0.4, 0.5) is 11.4 Å². The molecule has 1 aliphatic heterocycles. The highest BCUT2D eigenvalue weighted by molar-refractivity contribution is 5.91. The number of rotatable bonds is 8. The molecule has 1 amide bonds. The van der Waals surface area contributed by atoms with Crippen LogP contribution >= 0.6 is 0 Å². The van der Waals surface area contributed by atoms with Crippen LogP contribution in [0.15, 0.2) is 78.9 Å². The molecular weight excluding hydrogens is 464 g/mol. The normalized spacial score (nSPS) is 14.1. The van der Waals surface area contributed by atoms with Crippen LogP contribution in [-0.4, -0.2) is 51.7 Å². The van der Waals surface area contributed by atoms with Gasteiger partial charge in [-0.3, -0.25) is 29.9 Å². The molecule has 0 saturated carbocycles. The molecule has 3 aromatic rings. The van der Waals surface area contributed by atoms with Crippen LogP contribution in [0.5, 0.6) is 11.5 Å². The Morgan fingerprint density at radius 3 is 2.14 bits per heavy atom. The lowest BCUT2D eigenvalue weighted by atomic mass is 10.2. The maximum atomic E-state index is 12.7. The number of carbonyl (C=O) groups excluding carboxylic acids is 1. The molecule has 0 N–H and O–H groups in total. The minimum Gasteiger partial charge on any atom is -0.457 e. The fraction of sp³-hybridized carbons (Fsp3) is 0.192. The minimum atomic E-state index is -0.716. The molecule has 1 aliphatic rings. The Labute approximate surface area is 207 Å². The van der Waals surface area contributed by atoms with E-state index in [0.29, 0.717) is 24.4 Å². The molecule has 0 aromatic heterocycles. The maximum Gasteiger partial charge on any atom is 0.280 e. The summed E-state index contributed by atoms with van der Waals surface area (Å²) in [5.74, 6) is 0.213. The summed E-state index contributed by atoms with van der Waals surface area (Å²) in [6, 6.07) is 20.1. The summed E-state index contributed by atoms with van der Waals surface area (Å²) in [6.07, 6.45) is 3.17. The van der Waals surface area contributed by atoms with Crippen LogP contribution in [0.3, 0.4) is 0 Å². The van der Waals surface area contributed by atoms with Gasteiger partial charge in [0.1, 0.15) is 11.5 Å². The second-order valence-corrected chi connectivity index (χ2v) is 8.29. The number of carbonyl (C=O) groups is 1. The van der Waals surface area contributed by atoms with Crippen LogP contribution < -0.4 is 4.74 Å². The molecule has 10 nitrogen and oxygen atoms in total. The molecule has 36 heavy (non-hydrogen) atoms. The molecule has 0 radical (unpaired) electrons. The summed E-state index contributed by atoms with van der Waals surface area (Å²) >= 11 is 0. The molecule has 10 heteroatoms. The van der Waals surface area contributed by atoms with E-state index in [4.69, 9.17) is 4.74 Å². The molecule has 1 saturated heterocycles. The summed E-state index contributed by atoms with van der Waals surface area (Å²) in [5, 5.41) is 22.2. The average Bonchev–Trinajstić information content (AvgIpc) is 2.88. The van der Waals surface area contributed by atoms with Crippen molar-refractivity contribution in [3.63, 3.8) is 0 Å². The van der Waals surface area contributed by atoms with Gasteiger partial charge in [0.25, 0.3) is 11.4 Å². The third-order valence-electron chi connectivity index (χ3n) is 5.74. The molecule has 0 aliphatic carbocycles.